The van der Waals surface area contributed by atoms with E-state index >= 15 is 0 Å². The lowest BCUT2D eigenvalue weighted by Crippen LogP contribution is -2.35. The van der Waals surface area contributed by atoms with Gasteiger partial charge >= 0.3 is 5.97 Å². The summed E-state index contributed by atoms with van der Waals surface area (Å²) in [5.74, 6) is -0.518. The highest BCUT2D eigenvalue weighted by atomic mass is 35.5. The third kappa shape index (κ3) is 3.31. The van der Waals surface area contributed by atoms with Crippen molar-refractivity contribution in [2.24, 2.45) is 5.73 Å². The fourth-order valence-electron chi connectivity index (χ4n) is 1.18. The molecule has 98 valence electrons. The molecule has 0 aliphatic carbocycles. The summed E-state index contributed by atoms with van der Waals surface area (Å²) in [6.07, 6.45) is -1.01. The summed E-state index contributed by atoms with van der Waals surface area (Å²) in [4.78, 5) is 21.2. The zero-order chi connectivity index (χ0) is 13.7. The van der Waals surface area contributed by atoms with Crippen LogP contribution in [0.5, 0.6) is 5.75 Å². The van der Waals surface area contributed by atoms with Crippen LogP contribution >= 0.6 is 11.6 Å². The van der Waals surface area contributed by atoms with E-state index in [0.29, 0.717) is 0 Å². The van der Waals surface area contributed by atoms with E-state index in [9.17, 15) is 14.9 Å². The number of halogens is 1. The summed E-state index contributed by atoms with van der Waals surface area (Å²) >= 11 is 5.80. The number of esters is 1. The van der Waals surface area contributed by atoms with E-state index in [1.165, 1.54) is 19.2 Å². The summed E-state index contributed by atoms with van der Waals surface area (Å²) in [6, 6.07) is 3.64. The van der Waals surface area contributed by atoms with Gasteiger partial charge < -0.3 is 15.2 Å². The minimum Gasteiger partial charge on any atom is -0.476 e. The molecule has 7 nitrogen and oxygen atoms in total. The average Bonchev–Trinajstić information content (AvgIpc) is 2.36. The van der Waals surface area contributed by atoms with E-state index in [-0.39, 0.29) is 23.0 Å². The molecule has 0 amide bonds. The first-order valence-electron chi connectivity index (χ1n) is 4.88. The molecule has 1 aromatic carbocycles. The molecule has 0 aromatic heterocycles. The Balaban J connectivity index is 2.90. The number of hydrogen-bond donors (Lipinski definition) is 1. The molecule has 0 radical (unpaired) electrons. The molecule has 18 heavy (non-hydrogen) atoms. The molecule has 1 rings (SSSR count). The highest BCUT2D eigenvalue weighted by molar-refractivity contribution is 6.32. The van der Waals surface area contributed by atoms with Crippen LogP contribution in [0, 0.1) is 10.1 Å². The summed E-state index contributed by atoms with van der Waals surface area (Å²) in [5.41, 5.74) is 5.18. The summed E-state index contributed by atoms with van der Waals surface area (Å²) in [6.45, 7) is -0.0972. The van der Waals surface area contributed by atoms with Crippen molar-refractivity contribution in [2.45, 2.75) is 6.10 Å². The van der Waals surface area contributed by atoms with Crippen molar-refractivity contribution in [3.63, 3.8) is 0 Å². The molecule has 2 N–H and O–H groups in total. The van der Waals surface area contributed by atoms with Crippen LogP contribution in [-0.4, -0.2) is 30.7 Å². The molecular formula is C10H11ClN2O5. The van der Waals surface area contributed by atoms with Crippen molar-refractivity contribution in [3.8, 4) is 5.75 Å². The fourth-order valence-corrected chi connectivity index (χ4v) is 1.40. The van der Waals surface area contributed by atoms with E-state index in [1.807, 2.05) is 0 Å². The van der Waals surface area contributed by atoms with Gasteiger partial charge in [-0.2, -0.15) is 0 Å². The summed E-state index contributed by atoms with van der Waals surface area (Å²) in [5, 5.41) is 10.5. The molecule has 0 saturated carbocycles. The SMILES string of the molecule is COC(=O)C(CN)Oc1ccc([N+](=O)[O-])cc1Cl. The molecule has 1 unspecified atom stereocenters. The molecule has 0 bridgehead atoms. The Bertz CT molecular complexity index is 466. The fraction of sp³-hybridized carbons (Fsp3) is 0.300. The predicted octanol–water partition coefficient (Wildman–Crippen LogP) is 1.13. The van der Waals surface area contributed by atoms with Gasteiger partial charge in [-0.25, -0.2) is 4.79 Å². The van der Waals surface area contributed by atoms with Gasteiger partial charge in [0.1, 0.15) is 5.75 Å². The van der Waals surface area contributed by atoms with Crippen molar-refractivity contribution >= 4 is 23.3 Å². The van der Waals surface area contributed by atoms with Crippen LogP contribution in [-0.2, 0) is 9.53 Å². The first-order valence-corrected chi connectivity index (χ1v) is 5.26. The number of nitrogens with two attached hydrogens (primary N) is 1. The van der Waals surface area contributed by atoms with Crippen molar-refractivity contribution in [1.82, 2.24) is 0 Å². The predicted molar refractivity (Wildman–Crippen MR) is 63.6 cm³/mol. The Morgan fingerprint density at radius 2 is 2.28 bits per heavy atom. The lowest BCUT2D eigenvalue weighted by Gasteiger charge is -2.15. The lowest BCUT2D eigenvalue weighted by atomic mass is 10.3. The number of benzene rings is 1. The zero-order valence-electron chi connectivity index (χ0n) is 9.46. The average molecular weight is 275 g/mol. The zero-order valence-corrected chi connectivity index (χ0v) is 10.2. The van der Waals surface area contributed by atoms with Crippen LogP contribution < -0.4 is 10.5 Å². The second-order valence-corrected chi connectivity index (χ2v) is 3.64. The van der Waals surface area contributed by atoms with Gasteiger partial charge in [-0.15, -0.1) is 0 Å². The smallest absolute Gasteiger partial charge is 0.348 e. The van der Waals surface area contributed by atoms with Crippen LogP contribution in [0.4, 0.5) is 5.69 Å². The molecular weight excluding hydrogens is 264 g/mol. The van der Waals surface area contributed by atoms with Crippen LogP contribution in [0.25, 0.3) is 0 Å². The van der Waals surface area contributed by atoms with Gasteiger partial charge in [-0.1, -0.05) is 11.6 Å². The number of methoxy groups -OCH3 is 1. The number of carbonyl (C=O) groups is 1. The van der Waals surface area contributed by atoms with Crippen molar-refractivity contribution < 1.29 is 19.2 Å². The second kappa shape index (κ2) is 6.18. The number of non-ortho nitro benzene ring substituents is 1. The third-order valence-corrected chi connectivity index (χ3v) is 2.37. The molecule has 1 atom stereocenters. The van der Waals surface area contributed by atoms with Crippen molar-refractivity contribution in [2.75, 3.05) is 13.7 Å². The molecule has 0 aliphatic rings. The standard InChI is InChI=1S/C10H11ClN2O5/c1-17-10(14)9(5-12)18-8-3-2-6(13(15)16)4-7(8)11/h2-4,9H,5,12H2,1H3. The van der Waals surface area contributed by atoms with E-state index in [2.05, 4.69) is 4.74 Å². The second-order valence-electron chi connectivity index (χ2n) is 3.24. The van der Waals surface area contributed by atoms with Crippen LogP contribution in [0.2, 0.25) is 5.02 Å². The number of hydrogen-bond acceptors (Lipinski definition) is 6. The Morgan fingerprint density at radius 3 is 2.72 bits per heavy atom. The lowest BCUT2D eigenvalue weighted by molar-refractivity contribution is -0.384. The van der Waals surface area contributed by atoms with Gasteiger partial charge in [0.05, 0.1) is 17.1 Å². The topological polar surface area (TPSA) is 105 Å². The highest BCUT2D eigenvalue weighted by Crippen LogP contribution is 2.29. The number of nitrogens with zero attached hydrogens (tertiary/aromatic N) is 1. The Labute approximate surface area is 108 Å². The summed E-state index contributed by atoms with van der Waals surface area (Å²) < 4.78 is 9.71. The van der Waals surface area contributed by atoms with Crippen molar-refractivity contribution in [1.29, 1.82) is 0 Å². The number of nitro groups is 1. The summed E-state index contributed by atoms with van der Waals surface area (Å²) in [7, 11) is 1.20. The van der Waals surface area contributed by atoms with E-state index < -0.39 is 17.0 Å². The van der Waals surface area contributed by atoms with E-state index in [4.69, 9.17) is 22.1 Å². The van der Waals surface area contributed by atoms with Crippen molar-refractivity contribution in [3.05, 3.63) is 33.3 Å². The van der Waals surface area contributed by atoms with Gasteiger partial charge in [0.15, 0.2) is 0 Å². The van der Waals surface area contributed by atoms with E-state index in [0.717, 1.165) is 6.07 Å². The molecule has 0 heterocycles. The molecule has 0 fully saturated rings. The molecule has 0 spiro atoms. The van der Waals surface area contributed by atoms with Gasteiger partial charge in [-0.3, -0.25) is 10.1 Å². The minimum atomic E-state index is -1.01. The number of ether oxygens (including phenoxy) is 2. The maximum Gasteiger partial charge on any atom is 0.348 e. The van der Waals surface area contributed by atoms with Crippen LogP contribution in [0.3, 0.4) is 0 Å². The number of carbonyl (C=O) groups excluding carboxylic acids is 1. The molecule has 0 saturated heterocycles. The maximum atomic E-state index is 11.3. The molecule has 8 heteroatoms. The third-order valence-electron chi connectivity index (χ3n) is 2.07. The van der Waals surface area contributed by atoms with Crippen LogP contribution in [0.1, 0.15) is 0 Å². The molecule has 1 aromatic rings. The first kappa shape index (κ1) is 14.2. The normalized spacial score (nSPS) is 11.7. The van der Waals surface area contributed by atoms with Crippen LogP contribution in [0.15, 0.2) is 18.2 Å². The number of nitro benzene ring substituents is 1. The largest absolute Gasteiger partial charge is 0.476 e. The Kier molecular flexibility index (Phi) is 4.87. The Morgan fingerprint density at radius 1 is 1.61 bits per heavy atom. The van der Waals surface area contributed by atoms with Gasteiger partial charge in [0.2, 0.25) is 6.10 Å². The number of rotatable bonds is 5. The van der Waals surface area contributed by atoms with Gasteiger partial charge in [0, 0.05) is 18.7 Å². The van der Waals surface area contributed by atoms with E-state index in [1.54, 1.807) is 0 Å². The first-order chi connectivity index (χ1) is 8.49. The van der Waals surface area contributed by atoms with Gasteiger partial charge in [-0.05, 0) is 6.07 Å². The minimum absolute atomic E-state index is 0.0200. The molecule has 0 aliphatic heterocycles. The highest BCUT2D eigenvalue weighted by Gasteiger charge is 2.21. The van der Waals surface area contributed by atoms with Gasteiger partial charge in [0.25, 0.3) is 5.69 Å². The Hall–Kier alpha value is -1.86. The maximum absolute atomic E-state index is 11.3. The monoisotopic (exact) mass is 274 g/mol. The quantitative estimate of drug-likeness (QED) is 0.490.